The maximum absolute atomic E-state index is 6.41. The van der Waals surface area contributed by atoms with Gasteiger partial charge in [0.1, 0.15) is 28.0 Å². The Morgan fingerprint density at radius 1 is 0.411 bits per heavy atom. The van der Waals surface area contributed by atoms with Crippen LogP contribution in [0.2, 0.25) is 0 Å². The average Bonchev–Trinajstić information content (AvgIpc) is 3.98. The minimum Gasteiger partial charge on any atom is -0.455 e. The molecule has 5 nitrogen and oxygen atoms in total. The first-order chi connectivity index (χ1) is 27.7. The van der Waals surface area contributed by atoms with Gasteiger partial charge in [0.25, 0.3) is 0 Å². The van der Waals surface area contributed by atoms with Gasteiger partial charge in [0.2, 0.25) is 0 Å². The SMILES string of the molecule is c1ccc2c(c1)oc1c3ccc(N(c4ccc(-c5ccc(-c6cn7ccccc7n6)cc5)cc4)c4ccc5c(ccc6c7ccccc7oc56)c4)cc3ccc21. The minimum atomic E-state index is 0.903. The van der Waals surface area contributed by atoms with Gasteiger partial charge >= 0.3 is 0 Å². The van der Waals surface area contributed by atoms with E-state index in [9.17, 15) is 0 Å². The number of rotatable bonds is 5. The molecule has 4 aromatic heterocycles. The fourth-order valence-electron chi connectivity index (χ4n) is 8.43. The van der Waals surface area contributed by atoms with Crippen LogP contribution in [0.25, 0.3) is 93.5 Å². The zero-order chi connectivity index (χ0) is 36.7. The van der Waals surface area contributed by atoms with E-state index in [4.69, 9.17) is 13.8 Å². The van der Waals surface area contributed by atoms with Gasteiger partial charge in [-0.15, -0.1) is 0 Å². The lowest BCUT2D eigenvalue weighted by atomic mass is 10.0. The van der Waals surface area contributed by atoms with Crippen molar-refractivity contribution in [1.29, 1.82) is 0 Å². The summed E-state index contributed by atoms with van der Waals surface area (Å²) >= 11 is 0. The number of para-hydroxylation sites is 2. The number of imidazole rings is 1. The van der Waals surface area contributed by atoms with Crippen LogP contribution in [0.5, 0.6) is 0 Å². The highest BCUT2D eigenvalue weighted by atomic mass is 16.3. The largest absolute Gasteiger partial charge is 0.455 e. The second-order valence-electron chi connectivity index (χ2n) is 14.4. The Morgan fingerprint density at radius 2 is 0.911 bits per heavy atom. The number of furan rings is 2. The van der Waals surface area contributed by atoms with E-state index in [1.807, 2.05) is 48.7 Å². The number of aromatic nitrogens is 2. The van der Waals surface area contributed by atoms with E-state index in [1.165, 1.54) is 0 Å². The van der Waals surface area contributed by atoms with E-state index in [2.05, 4.69) is 149 Å². The first kappa shape index (κ1) is 30.8. The van der Waals surface area contributed by atoms with Gasteiger partial charge in [-0.2, -0.15) is 0 Å². The van der Waals surface area contributed by atoms with Crippen molar-refractivity contribution >= 4 is 88.1 Å². The van der Waals surface area contributed by atoms with Gasteiger partial charge in [0.15, 0.2) is 0 Å². The highest BCUT2D eigenvalue weighted by Gasteiger charge is 2.18. The van der Waals surface area contributed by atoms with Gasteiger partial charge < -0.3 is 18.1 Å². The Bertz CT molecular complexity index is 3290. The highest BCUT2D eigenvalue weighted by Crippen LogP contribution is 2.42. The lowest BCUT2D eigenvalue weighted by Gasteiger charge is -2.26. The van der Waals surface area contributed by atoms with Crippen LogP contribution in [0.15, 0.2) is 197 Å². The Balaban J connectivity index is 0.964. The summed E-state index contributed by atoms with van der Waals surface area (Å²) in [6.07, 6.45) is 4.10. The Labute approximate surface area is 320 Å². The molecule has 4 heterocycles. The maximum Gasteiger partial charge on any atom is 0.143 e. The molecule has 0 spiro atoms. The summed E-state index contributed by atoms with van der Waals surface area (Å²) in [6, 6.07) is 62.2. The number of pyridine rings is 1. The van der Waals surface area contributed by atoms with Gasteiger partial charge in [0.05, 0.1) is 5.69 Å². The molecule has 0 unspecified atom stereocenters. The van der Waals surface area contributed by atoms with E-state index in [0.717, 1.165) is 111 Å². The molecule has 0 amide bonds. The fourth-order valence-corrected chi connectivity index (χ4v) is 8.43. The van der Waals surface area contributed by atoms with Crippen LogP contribution in [0.1, 0.15) is 0 Å². The van der Waals surface area contributed by atoms with Gasteiger partial charge in [-0.1, -0.05) is 91.0 Å². The molecule has 0 saturated heterocycles. The fraction of sp³-hybridized carbons (Fsp3) is 0. The predicted octanol–water partition coefficient (Wildman–Crippen LogP) is 14.2. The Morgan fingerprint density at radius 3 is 1.50 bits per heavy atom. The lowest BCUT2D eigenvalue weighted by Crippen LogP contribution is -2.10. The number of nitrogens with zero attached hydrogens (tertiary/aromatic N) is 3. The molecule has 262 valence electrons. The molecule has 5 heteroatoms. The molecule has 0 atom stereocenters. The highest BCUT2D eigenvalue weighted by molar-refractivity contribution is 6.17. The normalized spacial score (nSPS) is 11.9. The van der Waals surface area contributed by atoms with E-state index >= 15 is 0 Å². The second kappa shape index (κ2) is 11.9. The van der Waals surface area contributed by atoms with Crippen LogP contribution < -0.4 is 4.90 Å². The molecular weight excluding hydrogens is 687 g/mol. The van der Waals surface area contributed by atoms with Crippen molar-refractivity contribution in [3.63, 3.8) is 0 Å². The number of hydrogen-bond acceptors (Lipinski definition) is 4. The number of fused-ring (bicyclic) bond motifs is 11. The van der Waals surface area contributed by atoms with Crippen molar-refractivity contribution in [1.82, 2.24) is 9.38 Å². The van der Waals surface area contributed by atoms with Crippen molar-refractivity contribution in [2.45, 2.75) is 0 Å². The molecule has 0 N–H and O–H groups in total. The molecule has 0 saturated carbocycles. The average molecular weight is 718 g/mol. The first-order valence-electron chi connectivity index (χ1n) is 18.8. The smallest absolute Gasteiger partial charge is 0.143 e. The quantitative estimate of drug-likeness (QED) is 0.178. The third kappa shape index (κ3) is 4.78. The molecule has 0 radical (unpaired) electrons. The molecule has 0 fully saturated rings. The van der Waals surface area contributed by atoms with Gasteiger partial charge in [-0.3, -0.25) is 0 Å². The molecule has 8 aromatic carbocycles. The topological polar surface area (TPSA) is 46.8 Å². The molecule has 0 aliphatic carbocycles. The van der Waals surface area contributed by atoms with Gasteiger partial charge in [0, 0.05) is 67.3 Å². The zero-order valence-corrected chi connectivity index (χ0v) is 30.1. The van der Waals surface area contributed by atoms with E-state index < -0.39 is 0 Å². The number of hydrogen-bond donors (Lipinski definition) is 0. The van der Waals surface area contributed by atoms with Crippen molar-refractivity contribution in [2.24, 2.45) is 0 Å². The lowest BCUT2D eigenvalue weighted by molar-refractivity contribution is 0.672. The molecule has 0 aliphatic heterocycles. The summed E-state index contributed by atoms with van der Waals surface area (Å²) in [7, 11) is 0. The van der Waals surface area contributed by atoms with Crippen molar-refractivity contribution in [2.75, 3.05) is 4.90 Å². The van der Waals surface area contributed by atoms with Crippen LogP contribution in [-0.4, -0.2) is 9.38 Å². The predicted molar refractivity (Wildman–Crippen MR) is 230 cm³/mol. The zero-order valence-electron chi connectivity index (χ0n) is 30.1. The third-order valence-electron chi connectivity index (χ3n) is 11.2. The van der Waals surface area contributed by atoms with Crippen molar-refractivity contribution in [3.8, 4) is 22.4 Å². The van der Waals surface area contributed by atoms with E-state index in [-0.39, 0.29) is 0 Å². The van der Waals surface area contributed by atoms with Crippen LogP contribution in [0, 0.1) is 0 Å². The number of anilines is 3. The molecule has 12 aromatic rings. The minimum absolute atomic E-state index is 0.903. The summed E-state index contributed by atoms with van der Waals surface area (Å²) in [5, 5.41) is 8.95. The van der Waals surface area contributed by atoms with Crippen molar-refractivity contribution < 1.29 is 8.83 Å². The van der Waals surface area contributed by atoms with Crippen LogP contribution in [-0.2, 0) is 0 Å². The summed E-state index contributed by atoms with van der Waals surface area (Å²) in [4.78, 5) is 7.14. The van der Waals surface area contributed by atoms with Gasteiger partial charge in [-0.05, 0) is 107 Å². The Kier molecular flexibility index (Phi) is 6.56. The molecule has 0 aliphatic rings. The van der Waals surface area contributed by atoms with Crippen molar-refractivity contribution in [3.05, 3.63) is 188 Å². The van der Waals surface area contributed by atoms with E-state index in [1.54, 1.807) is 0 Å². The summed E-state index contributed by atoms with van der Waals surface area (Å²) in [5.41, 5.74) is 12.1. The third-order valence-corrected chi connectivity index (χ3v) is 11.2. The van der Waals surface area contributed by atoms with Crippen LogP contribution in [0.3, 0.4) is 0 Å². The summed E-state index contributed by atoms with van der Waals surface area (Å²) < 4.78 is 14.9. The monoisotopic (exact) mass is 717 g/mol. The summed E-state index contributed by atoms with van der Waals surface area (Å²) in [5.74, 6) is 0. The molecule has 12 rings (SSSR count). The molecular formula is C51H31N3O2. The first-order valence-corrected chi connectivity index (χ1v) is 18.8. The molecule has 56 heavy (non-hydrogen) atoms. The van der Waals surface area contributed by atoms with Crippen LogP contribution >= 0.6 is 0 Å². The number of benzene rings is 8. The van der Waals surface area contributed by atoms with Crippen LogP contribution in [0.4, 0.5) is 17.1 Å². The molecule has 0 bridgehead atoms. The van der Waals surface area contributed by atoms with Gasteiger partial charge in [-0.25, -0.2) is 4.98 Å². The van der Waals surface area contributed by atoms with E-state index in [0.29, 0.717) is 0 Å². The Hall–Kier alpha value is -7.63. The standard InChI is InChI=1S/C51H31N3O2/c1-3-9-47-42(7-1)44-24-18-35-29-38(22-26-40(35)50(44)55-47)54(39-23-27-41-36(30-39)19-25-45-43-8-2-4-10-48(43)56-51(41)45)37-20-16-33(17-21-37)32-12-14-34(15-13-32)46-31-53-28-6-5-11-49(53)52-46/h1-31H. The second-order valence-corrected chi connectivity index (χ2v) is 14.4. The maximum atomic E-state index is 6.41. The summed E-state index contributed by atoms with van der Waals surface area (Å²) in [6.45, 7) is 0.